The van der Waals surface area contributed by atoms with Crippen molar-refractivity contribution in [3.63, 3.8) is 0 Å². The zero-order chi connectivity index (χ0) is 39.0. The number of hydrogen-bond acceptors (Lipinski definition) is 14. The van der Waals surface area contributed by atoms with Gasteiger partial charge in [0.15, 0.2) is 36.8 Å². The number of ether oxygens (including phenoxy) is 5. The van der Waals surface area contributed by atoms with Gasteiger partial charge in [-0.15, -0.1) is 0 Å². The van der Waals surface area contributed by atoms with Crippen LogP contribution >= 0.6 is 0 Å². The second-order valence-electron chi connectivity index (χ2n) is 13.3. The molecule has 0 aliphatic heterocycles. The van der Waals surface area contributed by atoms with Crippen molar-refractivity contribution in [1.82, 2.24) is 9.97 Å². The van der Waals surface area contributed by atoms with Crippen LogP contribution in [0.4, 0.5) is 0 Å². The summed E-state index contributed by atoms with van der Waals surface area (Å²) in [5.74, 6) is -1.97. The summed E-state index contributed by atoms with van der Waals surface area (Å²) >= 11 is 0. The third-order valence-electron chi connectivity index (χ3n) is 8.38. The van der Waals surface area contributed by atoms with Crippen molar-refractivity contribution < 1.29 is 56.8 Å². The number of carbonyl (C=O) groups excluding carboxylic acids is 4. The molecule has 14 heteroatoms. The van der Waals surface area contributed by atoms with Gasteiger partial charge in [0, 0.05) is 32.1 Å². The fourth-order valence-electron chi connectivity index (χ4n) is 5.64. The summed E-state index contributed by atoms with van der Waals surface area (Å²) in [7, 11) is 0. The fourth-order valence-corrected chi connectivity index (χ4v) is 5.64. The van der Waals surface area contributed by atoms with E-state index in [1.54, 1.807) is 6.92 Å². The molecule has 0 saturated heterocycles. The van der Waals surface area contributed by atoms with E-state index in [4.69, 9.17) is 32.5 Å². The largest absolute Gasteiger partial charge is 0.459 e. The van der Waals surface area contributed by atoms with Crippen molar-refractivity contribution in [3.8, 4) is 0 Å². The summed E-state index contributed by atoms with van der Waals surface area (Å²) < 4.78 is 40.6. The van der Waals surface area contributed by atoms with Crippen LogP contribution in [-0.4, -0.2) is 63.6 Å². The van der Waals surface area contributed by atoms with E-state index >= 15 is 0 Å². The number of nitrogens with zero attached hydrogens (tertiary/aromatic N) is 2. The third-order valence-corrected chi connectivity index (χ3v) is 8.38. The highest BCUT2D eigenvalue weighted by Gasteiger charge is 2.39. The van der Waals surface area contributed by atoms with Gasteiger partial charge in [-0.25, -0.2) is 9.97 Å². The Hall–Kier alpha value is -3.78. The normalized spacial score (nSPS) is 14.8. The van der Waals surface area contributed by atoms with Gasteiger partial charge < -0.3 is 37.6 Å². The van der Waals surface area contributed by atoms with Crippen LogP contribution in [0.2, 0.25) is 0 Å². The molecule has 53 heavy (non-hydrogen) atoms. The summed E-state index contributed by atoms with van der Waals surface area (Å²) in [6.07, 6.45) is 7.16. The molecular weight excluding hydrogens is 688 g/mol. The summed E-state index contributed by atoms with van der Waals surface area (Å²) in [5.41, 5.74) is 0.143. The first-order valence-electron chi connectivity index (χ1n) is 19.5. The molecule has 0 radical (unpaired) electrons. The number of unbranched alkanes of at least 4 members (excludes halogenated alkanes) is 6. The highest BCUT2D eigenvalue weighted by atomic mass is 16.6. The lowest BCUT2D eigenvalue weighted by atomic mass is 10.00. The summed E-state index contributed by atoms with van der Waals surface area (Å²) in [6, 6.07) is 0. The Labute approximate surface area is 314 Å². The van der Waals surface area contributed by atoms with Crippen LogP contribution in [0.15, 0.2) is 27.7 Å². The first kappa shape index (κ1) is 45.4. The van der Waals surface area contributed by atoms with Gasteiger partial charge >= 0.3 is 23.9 Å². The maximum Gasteiger partial charge on any atom is 0.306 e. The van der Waals surface area contributed by atoms with Crippen LogP contribution in [0.1, 0.15) is 180 Å². The van der Waals surface area contributed by atoms with Gasteiger partial charge in [0.2, 0.25) is 5.89 Å². The molecule has 2 aromatic heterocycles. The van der Waals surface area contributed by atoms with E-state index in [0.29, 0.717) is 32.1 Å². The molecule has 2 rings (SSSR count). The molecule has 0 spiro atoms. The molecule has 2 aromatic rings. The van der Waals surface area contributed by atoms with Crippen LogP contribution in [0.5, 0.6) is 0 Å². The molecule has 0 aromatic carbocycles. The molecule has 0 aliphatic carbocycles. The number of aliphatic hydroxyl groups is 1. The monoisotopic (exact) mass is 750 g/mol. The van der Waals surface area contributed by atoms with Gasteiger partial charge in [-0.3, -0.25) is 19.2 Å². The number of esters is 4. The van der Waals surface area contributed by atoms with E-state index in [1.165, 1.54) is 38.1 Å². The zero-order valence-corrected chi connectivity index (χ0v) is 32.5. The summed E-state index contributed by atoms with van der Waals surface area (Å²) in [6.45, 7) is 11.0. The van der Waals surface area contributed by atoms with Gasteiger partial charge in [0.25, 0.3) is 0 Å². The Kier molecular flexibility index (Phi) is 22.3. The van der Waals surface area contributed by atoms with Crippen LogP contribution < -0.4 is 0 Å². The molecular formula is C39H62N2O12. The second-order valence-corrected chi connectivity index (χ2v) is 13.3. The van der Waals surface area contributed by atoms with E-state index in [9.17, 15) is 24.3 Å². The number of rotatable bonds is 29. The SMILES string of the molecule is CCCCCCCCCC(O)OC(c1cnco1)c1nc(C(CC(OC(=O)CCC)C(OC(=O)CCC)C(C)OC(=O)CCC)OC(=O)CCC)co1. The molecule has 0 amide bonds. The van der Waals surface area contributed by atoms with Crippen LogP contribution in [-0.2, 0) is 42.9 Å². The van der Waals surface area contributed by atoms with Gasteiger partial charge in [0.05, 0.1) is 6.20 Å². The minimum absolute atomic E-state index is 0.000721. The highest BCUT2D eigenvalue weighted by molar-refractivity contribution is 5.71. The number of carbonyl (C=O) groups is 4. The minimum Gasteiger partial charge on any atom is -0.459 e. The Balaban J connectivity index is 2.45. The van der Waals surface area contributed by atoms with E-state index in [1.807, 2.05) is 27.7 Å². The molecule has 0 saturated carbocycles. The van der Waals surface area contributed by atoms with Gasteiger partial charge in [-0.05, 0) is 45.4 Å². The standard InChI is InChI=1S/C39H62N2O12/c1-7-12-13-14-15-16-17-22-36(46)53-38(31-24-40-26-48-31)39-41-28(25-47-39)29(50-33(43)19-9-3)23-30(51-34(44)20-10-4)37(52-35(45)21-11-5)27(6)49-32(42)18-8-2/h24-27,29-30,36-38,46H,7-23H2,1-6H3. The molecule has 0 bridgehead atoms. The lowest BCUT2D eigenvalue weighted by Gasteiger charge is -2.32. The third kappa shape index (κ3) is 17.3. The predicted octanol–water partition coefficient (Wildman–Crippen LogP) is 8.16. The number of aromatic nitrogens is 2. The fraction of sp³-hybridized carbons (Fsp3) is 0.744. The maximum atomic E-state index is 13.0. The molecule has 14 nitrogen and oxygen atoms in total. The summed E-state index contributed by atoms with van der Waals surface area (Å²) in [5, 5.41) is 10.8. The zero-order valence-electron chi connectivity index (χ0n) is 32.5. The lowest BCUT2D eigenvalue weighted by molar-refractivity contribution is -0.188. The molecule has 300 valence electrons. The molecule has 0 aliphatic rings. The van der Waals surface area contributed by atoms with Gasteiger partial charge in [0.1, 0.15) is 24.2 Å². The van der Waals surface area contributed by atoms with Crippen molar-refractivity contribution in [1.29, 1.82) is 0 Å². The maximum absolute atomic E-state index is 13.0. The number of hydrogen-bond donors (Lipinski definition) is 1. The number of aliphatic hydroxyl groups excluding tert-OH is 1. The molecule has 2 heterocycles. The van der Waals surface area contributed by atoms with Crippen molar-refractivity contribution in [2.75, 3.05) is 0 Å². The second kappa shape index (κ2) is 26.1. The average molecular weight is 751 g/mol. The Morgan fingerprint density at radius 2 is 1.28 bits per heavy atom. The van der Waals surface area contributed by atoms with E-state index < -0.39 is 60.7 Å². The molecule has 0 fully saturated rings. The van der Waals surface area contributed by atoms with Gasteiger partial charge in [-0.1, -0.05) is 73.1 Å². The topological polar surface area (TPSA) is 187 Å². The van der Waals surface area contributed by atoms with Crippen molar-refractivity contribution in [2.24, 2.45) is 0 Å². The first-order valence-corrected chi connectivity index (χ1v) is 19.5. The van der Waals surface area contributed by atoms with Crippen molar-refractivity contribution >= 4 is 23.9 Å². The van der Waals surface area contributed by atoms with E-state index in [2.05, 4.69) is 16.9 Å². The molecule has 1 N–H and O–H groups in total. The predicted molar refractivity (Wildman–Crippen MR) is 193 cm³/mol. The quantitative estimate of drug-likeness (QED) is 0.0363. The van der Waals surface area contributed by atoms with E-state index in [0.717, 1.165) is 25.7 Å². The van der Waals surface area contributed by atoms with Crippen molar-refractivity contribution in [2.45, 2.75) is 188 Å². The lowest BCUT2D eigenvalue weighted by Crippen LogP contribution is -2.45. The van der Waals surface area contributed by atoms with Crippen LogP contribution in [0.3, 0.4) is 0 Å². The Morgan fingerprint density at radius 3 is 1.87 bits per heavy atom. The average Bonchev–Trinajstić information content (AvgIpc) is 3.83. The van der Waals surface area contributed by atoms with E-state index in [-0.39, 0.29) is 49.4 Å². The minimum atomic E-state index is -1.23. The van der Waals surface area contributed by atoms with Crippen molar-refractivity contribution in [3.05, 3.63) is 36.2 Å². The Bertz CT molecular complexity index is 1310. The molecule has 6 atom stereocenters. The highest BCUT2D eigenvalue weighted by Crippen LogP contribution is 2.33. The van der Waals surface area contributed by atoms with Gasteiger partial charge in [-0.2, -0.15) is 0 Å². The Morgan fingerprint density at radius 1 is 0.717 bits per heavy atom. The molecule has 6 unspecified atom stereocenters. The first-order chi connectivity index (χ1) is 25.6. The van der Waals surface area contributed by atoms with Crippen LogP contribution in [0.25, 0.3) is 0 Å². The smallest absolute Gasteiger partial charge is 0.306 e. The van der Waals surface area contributed by atoms with Crippen LogP contribution in [0, 0.1) is 0 Å². The number of oxazole rings is 2. The summed E-state index contributed by atoms with van der Waals surface area (Å²) in [4.78, 5) is 59.9.